The first-order valence-electron chi connectivity index (χ1n) is 9.64. The van der Waals surface area contributed by atoms with E-state index in [-0.39, 0.29) is 19.5 Å². The predicted octanol–water partition coefficient (Wildman–Crippen LogP) is 3.73. The molecule has 1 heterocycles. The second-order valence-electron chi connectivity index (χ2n) is 8.23. The van der Waals surface area contributed by atoms with Crippen molar-refractivity contribution in [3.05, 3.63) is 33.4 Å². The van der Waals surface area contributed by atoms with Crippen LogP contribution in [-0.2, 0) is 10.9 Å². The average molecular weight is 464 g/mol. The third-order valence-electron chi connectivity index (χ3n) is 4.63. The van der Waals surface area contributed by atoms with Gasteiger partial charge in [0.25, 0.3) is 11.6 Å². The number of likely N-dealkylation sites (tertiary alicyclic amines) is 1. The number of amides is 2. The predicted molar refractivity (Wildman–Crippen MR) is 106 cm³/mol. The Kier molecular flexibility index (Phi) is 7.20. The number of hydrogen-bond acceptors (Lipinski definition) is 6. The van der Waals surface area contributed by atoms with Gasteiger partial charge in [0.15, 0.2) is 0 Å². The highest BCUT2D eigenvalue weighted by Crippen LogP contribution is 2.40. The Morgan fingerprint density at radius 3 is 2.38 bits per heavy atom. The molecule has 32 heavy (non-hydrogen) atoms. The molecule has 2 N–H and O–H groups in total. The molecule has 0 saturated carbocycles. The van der Waals surface area contributed by atoms with Crippen LogP contribution in [0.15, 0.2) is 12.1 Å². The number of anilines is 1. The third kappa shape index (κ3) is 5.98. The number of alkyl halides is 4. The monoisotopic (exact) mass is 464 g/mol. The Morgan fingerprint density at radius 1 is 1.25 bits per heavy atom. The molecule has 1 aromatic carbocycles. The lowest BCUT2D eigenvalue weighted by Crippen LogP contribution is -2.55. The zero-order chi connectivity index (χ0) is 24.4. The highest BCUT2D eigenvalue weighted by molar-refractivity contribution is 5.96. The van der Waals surface area contributed by atoms with E-state index in [0.717, 1.165) is 7.05 Å². The van der Waals surface area contributed by atoms with Gasteiger partial charge in [-0.3, -0.25) is 14.9 Å². The van der Waals surface area contributed by atoms with Gasteiger partial charge in [-0.1, -0.05) is 0 Å². The molecule has 2 rings (SSSR count). The van der Waals surface area contributed by atoms with Crippen LogP contribution in [0.1, 0.15) is 43.1 Å². The molecule has 178 valence electrons. The summed E-state index contributed by atoms with van der Waals surface area (Å²) in [7, 11) is 1.08. The topological polar surface area (TPSA) is 114 Å². The summed E-state index contributed by atoms with van der Waals surface area (Å²) in [5.41, 5.74) is -4.62. The molecule has 1 aliphatic heterocycles. The molecule has 1 aliphatic rings. The fraction of sp³-hybridized carbons (Fsp3) is 0.579. The van der Waals surface area contributed by atoms with Crippen molar-refractivity contribution in [2.75, 3.05) is 25.5 Å². The van der Waals surface area contributed by atoms with E-state index in [9.17, 15) is 37.3 Å². The van der Waals surface area contributed by atoms with Gasteiger partial charge in [-0.2, -0.15) is 13.2 Å². The molecule has 2 atom stereocenters. The Balaban J connectivity index is 2.30. The van der Waals surface area contributed by atoms with Crippen LogP contribution in [0.25, 0.3) is 0 Å². The Labute approximate surface area is 181 Å². The molecule has 0 unspecified atom stereocenters. The Hall–Kier alpha value is -3.12. The van der Waals surface area contributed by atoms with Crippen LogP contribution < -0.4 is 10.6 Å². The van der Waals surface area contributed by atoms with Gasteiger partial charge < -0.3 is 20.3 Å². The quantitative estimate of drug-likeness (QED) is 0.399. The van der Waals surface area contributed by atoms with Crippen LogP contribution in [0.2, 0.25) is 0 Å². The molecule has 13 heteroatoms. The van der Waals surface area contributed by atoms with Gasteiger partial charge in [-0.25, -0.2) is 9.18 Å². The van der Waals surface area contributed by atoms with E-state index in [0.29, 0.717) is 12.1 Å². The lowest BCUT2D eigenvalue weighted by molar-refractivity contribution is -0.384. The molecule has 1 aromatic rings. The van der Waals surface area contributed by atoms with E-state index < -0.39 is 63.4 Å². The van der Waals surface area contributed by atoms with Crippen LogP contribution in [0, 0.1) is 10.1 Å². The number of nitro groups is 1. The van der Waals surface area contributed by atoms with Gasteiger partial charge in [0.1, 0.15) is 17.5 Å². The molecule has 0 radical (unpaired) electrons. The summed E-state index contributed by atoms with van der Waals surface area (Å²) in [6, 6.07) is -0.102. The second-order valence-corrected chi connectivity index (χ2v) is 8.23. The maximum Gasteiger partial charge on any atom is 0.418 e. The van der Waals surface area contributed by atoms with Crippen molar-refractivity contribution in [1.82, 2.24) is 10.2 Å². The number of benzene rings is 1. The average Bonchev–Trinajstić information content (AvgIpc) is 2.66. The van der Waals surface area contributed by atoms with Crippen molar-refractivity contribution in [1.29, 1.82) is 0 Å². The van der Waals surface area contributed by atoms with E-state index in [2.05, 4.69) is 10.6 Å². The van der Waals surface area contributed by atoms with Gasteiger partial charge in [-0.05, 0) is 33.3 Å². The first-order valence-corrected chi connectivity index (χ1v) is 9.64. The molecule has 0 aromatic heterocycles. The fourth-order valence-corrected chi connectivity index (χ4v) is 3.19. The summed E-state index contributed by atoms with van der Waals surface area (Å²) < 4.78 is 59.8. The number of hydrogen-bond donors (Lipinski definition) is 2. The van der Waals surface area contributed by atoms with Crippen LogP contribution in [0.3, 0.4) is 0 Å². The maximum atomic E-state index is 14.4. The summed E-state index contributed by atoms with van der Waals surface area (Å²) in [5, 5.41) is 15.6. The van der Waals surface area contributed by atoms with Gasteiger partial charge in [0.2, 0.25) is 0 Å². The van der Waals surface area contributed by atoms with E-state index >= 15 is 0 Å². The normalized spacial score (nSPS) is 19.3. The van der Waals surface area contributed by atoms with Crippen molar-refractivity contribution in [3.63, 3.8) is 0 Å². The minimum Gasteiger partial charge on any atom is -0.444 e. The van der Waals surface area contributed by atoms with E-state index in [1.54, 1.807) is 20.8 Å². The van der Waals surface area contributed by atoms with Crippen molar-refractivity contribution in [2.45, 2.75) is 51.2 Å². The minimum atomic E-state index is -4.99. The summed E-state index contributed by atoms with van der Waals surface area (Å²) >= 11 is 0. The molecule has 0 bridgehead atoms. The van der Waals surface area contributed by atoms with Crippen molar-refractivity contribution < 1.29 is 36.8 Å². The Morgan fingerprint density at radius 2 is 1.88 bits per heavy atom. The van der Waals surface area contributed by atoms with Crippen LogP contribution >= 0.6 is 0 Å². The van der Waals surface area contributed by atoms with Crippen LogP contribution in [-0.4, -0.2) is 59.8 Å². The number of nitro benzene ring substituents is 1. The van der Waals surface area contributed by atoms with Crippen molar-refractivity contribution in [2.24, 2.45) is 0 Å². The number of rotatable bonds is 4. The molecular weight excluding hydrogens is 440 g/mol. The number of ether oxygens (including phenoxy) is 1. The van der Waals surface area contributed by atoms with E-state index in [1.165, 1.54) is 4.90 Å². The first-order chi connectivity index (χ1) is 14.6. The summed E-state index contributed by atoms with van der Waals surface area (Å²) in [5.74, 6) is -1.14. The first kappa shape index (κ1) is 25.1. The molecule has 9 nitrogen and oxygen atoms in total. The second kappa shape index (κ2) is 9.17. The number of halogens is 4. The summed E-state index contributed by atoms with van der Waals surface area (Å²) in [4.78, 5) is 36.2. The highest BCUT2D eigenvalue weighted by Gasteiger charge is 2.39. The van der Waals surface area contributed by atoms with E-state index in [4.69, 9.17) is 4.74 Å². The number of piperidine rings is 1. The lowest BCUT2D eigenvalue weighted by atomic mass is 10.0. The smallest absolute Gasteiger partial charge is 0.418 e. The van der Waals surface area contributed by atoms with Crippen LogP contribution in [0.5, 0.6) is 0 Å². The summed E-state index contributed by atoms with van der Waals surface area (Å²) in [6.07, 6.45) is -7.42. The molecule has 0 aliphatic carbocycles. The highest BCUT2D eigenvalue weighted by atomic mass is 19.4. The SMILES string of the molecule is CNc1c([N+](=O)[O-])cc(C(=O)N[C@H]2CN(C(=O)OC(C)(C)C)CC[C@@H]2F)cc1C(F)(F)F. The maximum absolute atomic E-state index is 14.4. The third-order valence-corrected chi connectivity index (χ3v) is 4.63. The van der Waals surface area contributed by atoms with Gasteiger partial charge in [-0.15, -0.1) is 0 Å². The molecule has 1 saturated heterocycles. The lowest BCUT2D eigenvalue weighted by Gasteiger charge is -2.36. The van der Waals surface area contributed by atoms with Crippen LogP contribution in [0.4, 0.5) is 33.7 Å². The largest absolute Gasteiger partial charge is 0.444 e. The van der Waals surface area contributed by atoms with Crippen molar-refractivity contribution >= 4 is 23.4 Å². The molecule has 1 fully saturated rings. The number of nitrogens with one attached hydrogen (secondary N) is 2. The minimum absolute atomic E-state index is 0.0308. The standard InChI is InChI=1S/C19H24F4N4O5/c1-18(2,3)32-17(29)26-6-5-12(20)13(9-26)25-16(28)10-7-11(19(21,22)23)15(24-4)14(8-10)27(30)31/h7-8,12-13,24H,5-6,9H2,1-4H3,(H,25,28)/t12-,13-/m0/s1. The molecular formula is C19H24F4N4O5. The summed E-state index contributed by atoms with van der Waals surface area (Å²) in [6.45, 7) is 4.69. The number of carbonyl (C=O) groups excluding carboxylic acids is 2. The molecule has 0 spiro atoms. The van der Waals surface area contributed by atoms with Crippen molar-refractivity contribution in [3.8, 4) is 0 Å². The fourth-order valence-electron chi connectivity index (χ4n) is 3.19. The number of nitrogens with zero attached hydrogens (tertiary/aromatic N) is 2. The molecule has 2 amide bonds. The zero-order valence-electron chi connectivity index (χ0n) is 17.9. The van der Waals surface area contributed by atoms with Gasteiger partial charge >= 0.3 is 12.3 Å². The number of carbonyl (C=O) groups is 2. The van der Waals surface area contributed by atoms with E-state index in [1.807, 2.05) is 0 Å². The van der Waals surface area contributed by atoms with Gasteiger partial charge in [0.05, 0.1) is 16.5 Å². The van der Waals surface area contributed by atoms with Gasteiger partial charge in [0, 0.05) is 31.8 Å². The zero-order valence-corrected chi connectivity index (χ0v) is 17.9. The Bertz CT molecular complexity index is 901.